The molecule has 160 valence electrons. The molecule has 0 aromatic rings. The van der Waals surface area contributed by atoms with Gasteiger partial charge in [0.15, 0.2) is 18.9 Å². The summed E-state index contributed by atoms with van der Waals surface area (Å²) in [5.41, 5.74) is 0.699. The molecule has 11 heteroatoms. The van der Waals surface area contributed by atoms with E-state index in [1.807, 2.05) is 0 Å². The van der Waals surface area contributed by atoms with Crippen molar-refractivity contribution < 1.29 is 53.3 Å². The summed E-state index contributed by atoms with van der Waals surface area (Å²) < 4.78 is 33.8. The number of aliphatic hydroxyl groups is 3. The molecule has 0 amide bonds. The number of carbonyl (C=O) groups excluding carboxylic acids is 2. The van der Waals surface area contributed by atoms with E-state index in [1.165, 1.54) is 6.92 Å². The summed E-state index contributed by atoms with van der Waals surface area (Å²) in [7, 11) is 0. The molecule has 0 radical (unpaired) electrons. The molecule has 1 aliphatic carbocycles. The van der Waals surface area contributed by atoms with Crippen LogP contribution in [0.2, 0.25) is 0 Å². The molecule has 11 nitrogen and oxygen atoms in total. The average molecular weight is 414 g/mol. The zero-order valence-electron chi connectivity index (χ0n) is 15.5. The maximum Gasteiger partial charge on any atom is 0.315 e. The molecular formula is C18H22O11. The van der Waals surface area contributed by atoms with Crippen LogP contribution in [0.5, 0.6) is 0 Å². The molecule has 4 heterocycles. The number of hydrogen-bond acceptors (Lipinski definition) is 11. The van der Waals surface area contributed by atoms with E-state index in [9.17, 15) is 24.9 Å². The highest BCUT2D eigenvalue weighted by molar-refractivity contribution is 5.77. The van der Waals surface area contributed by atoms with Crippen molar-refractivity contribution in [2.24, 2.45) is 17.8 Å². The molecule has 11 atom stereocenters. The molecule has 3 N–H and O–H groups in total. The van der Waals surface area contributed by atoms with Crippen LogP contribution < -0.4 is 0 Å². The second kappa shape index (κ2) is 6.98. The van der Waals surface area contributed by atoms with Crippen molar-refractivity contribution in [2.45, 2.75) is 56.3 Å². The average Bonchev–Trinajstić information content (AvgIpc) is 3.14. The number of rotatable bonds is 3. The highest BCUT2D eigenvalue weighted by atomic mass is 16.8. The van der Waals surface area contributed by atoms with Gasteiger partial charge < -0.3 is 43.7 Å². The Balaban J connectivity index is 1.47. The van der Waals surface area contributed by atoms with Gasteiger partial charge in [0, 0.05) is 18.8 Å². The molecule has 5 aliphatic rings. The highest BCUT2D eigenvalue weighted by Crippen LogP contribution is 2.53. The zero-order valence-corrected chi connectivity index (χ0v) is 15.5. The van der Waals surface area contributed by atoms with Gasteiger partial charge in [-0.05, 0) is 11.6 Å². The van der Waals surface area contributed by atoms with Gasteiger partial charge in [0.1, 0.15) is 43.0 Å². The first-order chi connectivity index (χ1) is 13.9. The Morgan fingerprint density at radius 1 is 1.07 bits per heavy atom. The van der Waals surface area contributed by atoms with E-state index in [0.717, 1.165) is 0 Å². The third-order valence-electron chi connectivity index (χ3n) is 6.22. The topological polar surface area (TPSA) is 150 Å². The van der Waals surface area contributed by atoms with Crippen LogP contribution in [-0.2, 0) is 38.0 Å². The first-order valence-corrected chi connectivity index (χ1v) is 9.52. The number of esters is 2. The van der Waals surface area contributed by atoms with E-state index in [2.05, 4.69) is 0 Å². The van der Waals surface area contributed by atoms with Crippen LogP contribution in [-0.4, -0.2) is 89.9 Å². The first kappa shape index (κ1) is 19.4. The number of fused-ring (bicyclic) bond motifs is 5. The summed E-state index contributed by atoms with van der Waals surface area (Å²) >= 11 is 0. The third kappa shape index (κ3) is 2.92. The van der Waals surface area contributed by atoms with Crippen molar-refractivity contribution in [3.8, 4) is 0 Å². The van der Waals surface area contributed by atoms with Crippen molar-refractivity contribution in [3.63, 3.8) is 0 Å². The summed E-state index contributed by atoms with van der Waals surface area (Å²) in [5.74, 6) is -2.50. The summed E-state index contributed by atoms with van der Waals surface area (Å²) in [4.78, 5) is 23.7. The van der Waals surface area contributed by atoms with Crippen LogP contribution in [0.4, 0.5) is 0 Å². The van der Waals surface area contributed by atoms with E-state index in [4.69, 9.17) is 28.4 Å². The van der Waals surface area contributed by atoms with Gasteiger partial charge >= 0.3 is 11.9 Å². The quantitative estimate of drug-likeness (QED) is 0.341. The number of carbonyl (C=O) groups is 2. The lowest BCUT2D eigenvalue weighted by Crippen LogP contribution is -2.60. The van der Waals surface area contributed by atoms with Crippen LogP contribution in [0, 0.1) is 17.8 Å². The predicted octanol–water partition coefficient (Wildman–Crippen LogP) is -2.20. The summed E-state index contributed by atoms with van der Waals surface area (Å²) in [6, 6.07) is 0. The number of ether oxygens (including phenoxy) is 6. The van der Waals surface area contributed by atoms with E-state index < -0.39 is 79.8 Å². The Kier molecular flexibility index (Phi) is 4.66. The standard InChI is InChI=1S/C18H22O11/c1-5(20)24-4-6-2-7-10-9(6)16-28-17(11(10)15(23)25-7)27-14-13(22)12(21)8(3-19)26-18(14)29-16/h2,7-14,16-19,21-22H,3-4H2,1H3/t7-,8+,9+,10-,11+,12+,13+,14-,16-,17-,18-/m0/s1. The van der Waals surface area contributed by atoms with Gasteiger partial charge in [-0.3, -0.25) is 9.59 Å². The Morgan fingerprint density at radius 3 is 2.52 bits per heavy atom. The van der Waals surface area contributed by atoms with Gasteiger partial charge in [-0.15, -0.1) is 0 Å². The van der Waals surface area contributed by atoms with E-state index in [0.29, 0.717) is 5.57 Å². The lowest BCUT2D eigenvalue weighted by molar-refractivity contribution is -0.318. The van der Waals surface area contributed by atoms with Crippen molar-refractivity contribution in [3.05, 3.63) is 11.6 Å². The Labute approximate surface area is 165 Å². The van der Waals surface area contributed by atoms with Gasteiger partial charge in [0.25, 0.3) is 0 Å². The summed E-state index contributed by atoms with van der Waals surface area (Å²) in [6.07, 6.45) is -6.91. The molecule has 0 aromatic heterocycles. The molecule has 0 aromatic carbocycles. The minimum Gasteiger partial charge on any atom is -0.461 e. The number of hydrogen-bond donors (Lipinski definition) is 3. The fraction of sp³-hybridized carbons (Fsp3) is 0.778. The molecule has 4 saturated heterocycles. The van der Waals surface area contributed by atoms with Gasteiger partial charge in [-0.2, -0.15) is 0 Å². The predicted molar refractivity (Wildman–Crippen MR) is 87.4 cm³/mol. The molecule has 4 fully saturated rings. The Hall–Kier alpha value is -1.60. The lowest BCUT2D eigenvalue weighted by Gasteiger charge is -2.41. The largest absolute Gasteiger partial charge is 0.461 e. The van der Waals surface area contributed by atoms with Gasteiger partial charge in [0.2, 0.25) is 0 Å². The summed E-state index contributed by atoms with van der Waals surface area (Å²) in [6.45, 7) is 0.771. The zero-order chi connectivity index (χ0) is 20.4. The van der Waals surface area contributed by atoms with Gasteiger partial charge in [-0.25, -0.2) is 0 Å². The van der Waals surface area contributed by atoms with Crippen molar-refractivity contribution in [1.82, 2.24) is 0 Å². The summed E-state index contributed by atoms with van der Waals surface area (Å²) in [5, 5.41) is 30.0. The second-order valence-corrected chi connectivity index (χ2v) is 7.87. The molecule has 0 spiro atoms. The fourth-order valence-electron chi connectivity index (χ4n) is 4.91. The SMILES string of the molecule is CC(=O)OCC1=C[C@@H]2OC(=O)[C@@H]3[C@@H]4O[C@@H](O[C@@H]5O[C@H](CO)[C@@H](O)[C@@H](O)[C@@H]5O4)[C@H]1[C@@H]32. The molecule has 29 heavy (non-hydrogen) atoms. The van der Waals surface area contributed by atoms with E-state index in [-0.39, 0.29) is 12.5 Å². The molecule has 2 bridgehead atoms. The maximum atomic E-state index is 12.5. The van der Waals surface area contributed by atoms with Crippen LogP contribution in [0.1, 0.15) is 6.92 Å². The first-order valence-electron chi connectivity index (χ1n) is 9.52. The minimum absolute atomic E-state index is 0.00156. The molecule has 0 unspecified atom stereocenters. The van der Waals surface area contributed by atoms with Gasteiger partial charge in [-0.1, -0.05) is 0 Å². The van der Waals surface area contributed by atoms with Crippen LogP contribution in [0.3, 0.4) is 0 Å². The lowest BCUT2D eigenvalue weighted by atomic mass is 9.79. The van der Waals surface area contributed by atoms with Crippen LogP contribution >= 0.6 is 0 Å². The molecule has 4 aliphatic heterocycles. The Morgan fingerprint density at radius 2 is 1.79 bits per heavy atom. The monoisotopic (exact) mass is 414 g/mol. The van der Waals surface area contributed by atoms with Crippen molar-refractivity contribution >= 4 is 11.9 Å². The van der Waals surface area contributed by atoms with Crippen molar-refractivity contribution in [2.75, 3.05) is 13.2 Å². The third-order valence-corrected chi connectivity index (χ3v) is 6.22. The van der Waals surface area contributed by atoms with Crippen molar-refractivity contribution in [1.29, 1.82) is 0 Å². The number of aliphatic hydroxyl groups excluding tert-OH is 3. The molecule has 5 rings (SSSR count). The normalized spacial score (nSPS) is 50.1. The molecular weight excluding hydrogens is 392 g/mol. The maximum absolute atomic E-state index is 12.5. The molecule has 0 saturated carbocycles. The highest BCUT2D eigenvalue weighted by Gasteiger charge is 2.65. The van der Waals surface area contributed by atoms with Gasteiger partial charge in [0.05, 0.1) is 6.61 Å². The fourth-order valence-corrected chi connectivity index (χ4v) is 4.91. The van der Waals surface area contributed by atoms with E-state index in [1.54, 1.807) is 6.08 Å². The Bertz CT molecular complexity index is 737. The minimum atomic E-state index is -1.42. The second-order valence-electron chi connectivity index (χ2n) is 7.87. The van der Waals surface area contributed by atoms with Crippen LogP contribution in [0.15, 0.2) is 11.6 Å². The van der Waals surface area contributed by atoms with E-state index >= 15 is 0 Å². The van der Waals surface area contributed by atoms with Crippen LogP contribution in [0.25, 0.3) is 0 Å². The smallest absolute Gasteiger partial charge is 0.315 e.